The Morgan fingerprint density at radius 2 is 0.322 bits per heavy atom. The summed E-state index contributed by atoms with van der Waals surface area (Å²) in [4.78, 5) is 0. The summed E-state index contributed by atoms with van der Waals surface area (Å²) in [6, 6.07) is 88.4. The molecule has 0 aromatic heterocycles. The average molecular weight is 1060 g/mol. The van der Waals surface area contributed by atoms with E-state index in [2.05, 4.69) is 243 Å². The van der Waals surface area contributed by atoms with Gasteiger partial charge >= 0.3 is 35.3 Å². The zero-order valence-corrected chi connectivity index (χ0v) is 40.1. The first kappa shape index (κ1) is 45.3. The molecule has 7 heteroatoms. The predicted molar refractivity (Wildman–Crippen MR) is 267 cm³/mol. The van der Waals surface area contributed by atoms with Crippen LogP contribution in [0.5, 0.6) is 0 Å². The topological polar surface area (TPSA) is 0 Å². The van der Waals surface area contributed by atoms with Gasteiger partial charge in [-0.2, -0.15) is 0 Å². The van der Waals surface area contributed by atoms with Crippen molar-refractivity contribution in [2.24, 2.45) is 0 Å². The van der Waals surface area contributed by atoms with Crippen LogP contribution in [0.15, 0.2) is 243 Å². The molecule has 8 aromatic rings. The molecule has 8 rings (SSSR count). The molecule has 0 aliphatic carbocycles. The van der Waals surface area contributed by atoms with E-state index in [1.54, 1.807) is 0 Å². The maximum Gasteiger partial charge on any atom is -0.0195 e. The Labute approximate surface area is 373 Å². The summed E-state index contributed by atoms with van der Waals surface area (Å²) >= 11 is -0.472. The minimum absolute atomic E-state index is 0.348. The number of rotatable bonds is 14. The first-order valence-corrected chi connectivity index (χ1v) is 31.3. The van der Waals surface area contributed by atoms with E-state index < -0.39 is 16.5 Å². The zero-order chi connectivity index (χ0) is 40.7. The quantitative estimate of drug-likeness (QED) is 0.0952. The Morgan fingerprint density at radius 3 is 0.424 bits per heavy atom. The number of benzene rings is 8. The summed E-state index contributed by atoms with van der Waals surface area (Å²) in [7, 11) is 8.36. The van der Waals surface area contributed by atoms with E-state index in [1.807, 2.05) is 0 Å². The van der Waals surface area contributed by atoms with Gasteiger partial charge < -0.3 is 0 Å². The molecule has 0 nitrogen and oxygen atoms in total. The summed E-state index contributed by atoms with van der Waals surface area (Å²) in [5.41, 5.74) is 0. The summed E-state index contributed by atoms with van der Waals surface area (Å²) < 4.78 is 0. The van der Waals surface area contributed by atoms with Crippen LogP contribution in [-0.2, 0) is 16.5 Å². The Kier molecular flexibility index (Phi) is 20.1. The van der Waals surface area contributed by atoms with Crippen molar-refractivity contribution in [3.8, 4) is 0 Å². The van der Waals surface area contributed by atoms with Crippen LogP contribution >= 0.6 is 50.5 Å². The first-order valence-electron chi connectivity index (χ1n) is 19.6. The fourth-order valence-electron chi connectivity index (χ4n) is 6.89. The Hall–Kier alpha value is -3.25. The molecule has 300 valence electrons. The van der Waals surface area contributed by atoms with Gasteiger partial charge in [0.2, 0.25) is 0 Å². The summed E-state index contributed by atoms with van der Waals surface area (Å²) in [5.74, 6) is 0. The molecular formula is C52H48Cl2P4Pt. The maximum atomic E-state index is 4.88. The van der Waals surface area contributed by atoms with Crippen LogP contribution in [0.1, 0.15) is 0 Å². The standard InChI is InChI=1S/2C26H24P2.2ClH.Pt/c2*1-5-13-23(14-6-1)27(24-15-7-2-8-16-24)21-22-28(25-17-9-3-10-18-25)26-19-11-4-12-20-26;;;/h2*1-20H,21-22H2;2*1H;/q;;;;+2/p-2. The van der Waals surface area contributed by atoms with Gasteiger partial charge in [0.1, 0.15) is 0 Å². The molecule has 0 N–H and O–H groups in total. The normalized spacial score (nSPS) is 10.9. The molecule has 0 heterocycles. The second-order valence-corrected chi connectivity index (χ2v) is 26.0. The average Bonchev–Trinajstić information content (AvgIpc) is 3.32. The second kappa shape index (κ2) is 26.2. The van der Waals surface area contributed by atoms with Crippen molar-refractivity contribution < 1.29 is 16.5 Å². The summed E-state index contributed by atoms with van der Waals surface area (Å²) in [5, 5.41) is 11.8. The van der Waals surface area contributed by atoms with Crippen molar-refractivity contribution in [2.75, 3.05) is 24.6 Å². The number of hydrogen-bond acceptors (Lipinski definition) is 0. The van der Waals surface area contributed by atoms with E-state index in [0.717, 1.165) is 0 Å². The van der Waals surface area contributed by atoms with E-state index in [9.17, 15) is 0 Å². The molecule has 0 saturated carbocycles. The van der Waals surface area contributed by atoms with Crippen molar-refractivity contribution in [2.45, 2.75) is 0 Å². The summed E-state index contributed by atoms with van der Waals surface area (Å²) in [6.07, 6.45) is 4.83. The Balaban J connectivity index is 0.000000186. The van der Waals surface area contributed by atoms with E-state index in [-0.39, 0.29) is 31.7 Å². The summed E-state index contributed by atoms with van der Waals surface area (Å²) in [6.45, 7) is 0. The molecule has 0 amide bonds. The fraction of sp³-hybridized carbons (Fsp3) is 0.0769. The van der Waals surface area contributed by atoms with Gasteiger partial charge in [-0.3, -0.25) is 0 Å². The first-order chi connectivity index (χ1) is 29.2. The molecule has 0 saturated heterocycles. The zero-order valence-electron chi connectivity index (χ0n) is 32.8. The molecule has 0 bridgehead atoms. The number of hydrogen-bond donors (Lipinski definition) is 0. The van der Waals surface area contributed by atoms with Crippen molar-refractivity contribution in [1.29, 1.82) is 0 Å². The molecule has 0 fully saturated rings. The molecule has 0 aliphatic heterocycles. The molecule has 8 aromatic carbocycles. The van der Waals surface area contributed by atoms with Crippen LogP contribution < -0.4 is 42.4 Å². The van der Waals surface area contributed by atoms with Gasteiger partial charge in [0.15, 0.2) is 0 Å². The van der Waals surface area contributed by atoms with Gasteiger partial charge in [0, 0.05) is 0 Å². The van der Waals surface area contributed by atoms with Gasteiger partial charge in [-0.05, 0) is 98.8 Å². The van der Waals surface area contributed by atoms with Crippen LogP contribution in [0.4, 0.5) is 0 Å². The third-order valence-corrected chi connectivity index (χ3v) is 20.4. The molecule has 59 heavy (non-hydrogen) atoms. The van der Waals surface area contributed by atoms with E-state index in [4.69, 9.17) is 18.8 Å². The van der Waals surface area contributed by atoms with E-state index >= 15 is 0 Å². The van der Waals surface area contributed by atoms with Crippen molar-refractivity contribution in [1.82, 2.24) is 0 Å². The van der Waals surface area contributed by atoms with Crippen LogP contribution in [-0.4, -0.2) is 24.6 Å². The molecule has 0 atom stereocenters. The third-order valence-electron chi connectivity index (χ3n) is 9.64. The monoisotopic (exact) mass is 1060 g/mol. The van der Waals surface area contributed by atoms with Crippen LogP contribution in [0.3, 0.4) is 0 Å². The van der Waals surface area contributed by atoms with Gasteiger partial charge in [0.05, 0.1) is 0 Å². The third kappa shape index (κ3) is 14.4. The van der Waals surface area contributed by atoms with E-state index in [0.29, 0.717) is 0 Å². The molecule has 0 spiro atoms. The van der Waals surface area contributed by atoms with Crippen molar-refractivity contribution in [3.63, 3.8) is 0 Å². The van der Waals surface area contributed by atoms with E-state index in [1.165, 1.54) is 67.1 Å². The van der Waals surface area contributed by atoms with Crippen LogP contribution in [0, 0.1) is 0 Å². The second-order valence-electron chi connectivity index (χ2n) is 13.3. The minimum atomic E-state index is -0.472. The molecule has 0 radical (unpaired) electrons. The largest absolute Gasteiger partial charge is 0.0622 e. The van der Waals surface area contributed by atoms with Crippen LogP contribution in [0.2, 0.25) is 0 Å². The van der Waals surface area contributed by atoms with Crippen molar-refractivity contribution in [3.05, 3.63) is 243 Å². The molecule has 0 unspecified atom stereocenters. The number of halogens is 2. The smallest absolute Gasteiger partial charge is 0.0195 e. The molecular weight excluding hydrogens is 1010 g/mol. The Bertz CT molecular complexity index is 1790. The minimum Gasteiger partial charge on any atom is -0.0622 e. The van der Waals surface area contributed by atoms with Gasteiger partial charge in [-0.25, -0.2) is 0 Å². The van der Waals surface area contributed by atoms with Gasteiger partial charge in [-0.1, -0.05) is 243 Å². The molecule has 0 aliphatic rings. The Morgan fingerprint density at radius 1 is 0.220 bits per heavy atom. The van der Waals surface area contributed by atoms with Gasteiger partial charge in [0.25, 0.3) is 0 Å². The van der Waals surface area contributed by atoms with Crippen molar-refractivity contribution >= 4 is 93.0 Å². The van der Waals surface area contributed by atoms with Crippen LogP contribution in [0.25, 0.3) is 0 Å². The SMILES string of the molecule is [Cl][Pt][Cl].c1ccc(P(CCP(c2ccccc2)c2ccccc2)c2ccccc2)cc1.c1ccc(P(CCP(c2ccccc2)c2ccccc2)c2ccccc2)cc1. The predicted octanol–water partition coefficient (Wildman–Crippen LogP) is 11.9. The maximum absolute atomic E-state index is 4.88. The fourth-order valence-corrected chi connectivity index (χ4v) is 17.6. The van der Waals surface area contributed by atoms with Gasteiger partial charge in [-0.15, -0.1) is 0 Å².